The van der Waals surface area contributed by atoms with Crippen LogP contribution in [0.3, 0.4) is 0 Å². The molecule has 1 aromatic heterocycles. The van der Waals surface area contributed by atoms with Crippen molar-refractivity contribution in [2.75, 3.05) is 20.3 Å². The van der Waals surface area contributed by atoms with Crippen LogP contribution in [-0.2, 0) is 11.3 Å². The van der Waals surface area contributed by atoms with Crippen molar-refractivity contribution in [3.8, 4) is 11.5 Å². The maximum absolute atomic E-state index is 12.3. The number of carbonyl (C=O) groups is 1. The highest BCUT2D eigenvalue weighted by Gasteiger charge is 2.19. The Morgan fingerprint density at radius 2 is 2.04 bits per heavy atom. The zero-order valence-electron chi connectivity index (χ0n) is 14.5. The van der Waals surface area contributed by atoms with Crippen LogP contribution in [0.5, 0.6) is 11.5 Å². The van der Waals surface area contributed by atoms with Gasteiger partial charge in [0, 0.05) is 13.2 Å². The predicted molar refractivity (Wildman–Crippen MR) is 92.1 cm³/mol. The molecule has 1 aromatic carbocycles. The minimum atomic E-state index is -0.146. The number of rotatable bonds is 7. The number of ether oxygens (including phenoxy) is 3. The van der Waals surface area contributed by atoms with E-state index in [0.29, 0.717) is 29.4 Å². The van der Waals surface area contributed by atoms with Crippen LogP contribution >= 0.6 is 0 Å². The standard InChI is InChI=1S/C19H23NO5/c1-13-18(19(21)20-11-16-4-3-9-23-16)10-17(25-13)12-24-15-7-5-14(22-2)6-8-15/h5-8,10,16H,3-4,9,11-12H2,1-2H3,(H,20,21)/t16-/m0/s1. The molecule has 25 heavy (non-hydrogen) atoms. The first kappa shape index (κ1) is 17.4. The SMILES string of the molecule is COc1ccc(OCc2cc(C(=O)NC[C@@H]3CCCO3)c(C)o2)cc1. The summed E-state index contributed by atoms with van der Waals surface area (Å²) in [7, 11) is 1.62. The van der Waals surface area contributed by atoms with Gasteiger partial charge >= 0.3 is 0 Å². The summed E-state index contributed by atoms with van der Waals surface area (Å²) in [5.41, 5.74) is 0.534. The molecule has 1 amide bonds. The van der Waals surface area contributed by atoms with Gasteiger partial charge in [-0.3, -0.25) is 4.79 Å². The molecule has 1 fully saturated rings. The Bertz CT molecular complexity index is 701. The molecule has 6 nitrogen and oxygen atoms in total. The summed E-state index contributed by atoms with van der Waals surface area (Å²) in [6.45, 7) is 3.34. The Hall–Kier alpha value is -2.47. The number of aryl methyl sites for hydroxylation is 1. The van der Waals surface area contributed by atoms with E-state index in [1.54, 1.807) is 20.1 Å². The van der Waals surface area contributed by atoms with Crippen molar-refractivity contribution in [1.82, 2.24) is 5.32 Å². The second-order valence-corrected chi connectivity index (χ2v) is 5.99. The second-order valence-electron chi connectivity index (χ2n) is 5.99. The summed E-state index contributed by atoms with van der Waals surface area (Å²) in [5, 5.41) is 2.90. The molecular weight excluding hydrogens is 322 g/mol. The smallest absolute Gasteiger partial charge is 0.254 e. The molecule has 2 aromatic rings. The lowest BCUT2D eigenvalue weighted by Gasteiger charge is -2.10. The summed E-state index contributed by atoms with van der Waals surface area (Å²) in [6.07, 6.45) is 2.16. The molecule has 0 bridgehead atoms. The van der Waals surface area contributed by atoms with Gasteiger partial charge in [0.1, 0.15) is 29.6 Å². The summed E-state index contributed by atoms with van der Waals surface area (Å²) in [5.74, 6) is 2.52. The van der Waals surface area contributed by atoms with E-state index in [1.807, 2.05) is 24.3 Å². The van der Waals surface area contributed by atoms with E-state index >= 15 is 0 Å². The second kappa shape index (κ2) is 8.07. The van der Waals surface area contributed by atoms with Gasteiger partial charge in [-0.2, -0.15) is 0 Å². The maximum atomic E-state index is 12.3. The molecule has 1 atom stereocenters. The molecule has 2 heterocycles. The molecule has 134 valence electrons. The van der Waals surface area contributed by atoms with Gasteiger partial charge in [-0.05, 0) is 50.1 Å². The van der Waals surface area contributed by atoms with Crippen LogP contribution in [0.2, 0.25) is 0 Å². The third-order valence-electron chi connectivity index (χ3n) is 4.17. The van der Waals surface area contributed by atoms with Gasteiger partial charge in [0.2, 0.25) is 0 Å². The van der Waals surface area contributed by atoms with Crippen LogP contribution in [0.15, 0.2) is 34.7 Å². The van der Waals surface area contributed by atoms with Gasteiger partial charge < -0.3 is 23.9 Å². The van der Waals surface area contributed by atoms with E-state index < -0.39 is 0 Å². The van der Waals surface area contributed by atoms with Crippen molar-refractivity contribution in [2.24, 2.45) is 0 Å². The first-order valence-electron chi connectivity index (χ1n) is 8.41. The zero-order chi connectivity index (χ0) is 17.6. The third kappa shape index (κ3) is 4.54. The Balaban J connectivity index is 1.54. The van der Waals surface area contributed by atoms with Crippen LogP contribution in [0, 0.1) is 6.92 Å². The fourth-order valence-corrected chi connectivity index (χ4v) is 2.77. The molecule has 1 aliphatic heterocycles. The van der Waals surface area contributed by atoms with Gasteiger partial charge in [-0.15, -0.1) is 0 Å². The van der Waals surface area contributed by atoms with Crippen LogP contribution in [-0.4, -0.2) is 32.3 Å². The number of hydrogen-bond acceptors (Lipinski definition) is 5. The normalized spacial score (nSPS) is 16.6. The zero-order valence-corrected chi connectivity index (χ0v) is 14.5. The fourth-order valence-electron chi connectivity index (χ4n) is 2.77. The number of methoxy groups -OCH3 is 1. The predicted octanol–water partition coefficient (Wildman–Crippen LogP) is 3.08. The lowest BCUT2D eigenvalue weighted by Crippen LogP contribution is -2.31. The van der Waals surface area contributed by atoms with E-state index in [2.05, 4.69) is 5.32 Å². The average molecular weight is 345 g/mol. The summed E-state index contributed by atoms with van der Waals surface area (Å²) >= 11 is 0. The quantitative estimate of drug-likeness (QED) is 0.835. The summed E-state index contributed by atoms with van der Waals surface area (Å²) < 4.78 is 21.9. The van der Waals surface area contributed by atoms with E-state index in [-0.39, 0.29) is 18.6 Å². The Kier molecular flexibility index (Phi) is 5.60. The van der Waals surface area contributed by atoms with Gasteiger partial charge in [0.05, 0.1) is 18.8 Å². The van der Waals surface area contributed by atoms with E-state index in [1.165, 1.54) is 0 Å². The van der Waals surface area contributed by atoms with Crippen LogP contribution in [0.25, 0.3) is 0 Å². The molecule has 1 N–H and O–H groups in total. The van der Waals surface area contributed by atoms with Crippen LogP contribution in [0.1, 0.15) is 34.7 Å². The summed E-state index contributed by atoms with van der Waals surface area (Å²) in [4.78, 5) is 12.3. The van der Waals surface area contributed by atoms with Gasteiger partial charge in [0.15, 0.2) is 0 Å². The van der Waals surface area contributed by atoms with Gasteiger partial charge in [0.25, 0.3) is 5.91 Å². The largest absolute Gasteiger partial charge is 0.497 e. The van der Waals surface area contributed by atoms with Crippen molar-refractivity contribution < 1.29 is 23.4 Å². The molecule has 0 saturated carbocycles. The van der Waals surface area contributed by atoms with Crippen molar-refractivity contribution in [1.29, 1.82) is 0 Å². The minimum Gasteiger partial charge on any atom is -0.497 e. The van der Waals surface area contributed by atoms with Crippen LogP contribution < -0.4 is 14.8 Å². The van der Waals surface area contributed by atoms with E-state index in [0.717, 1.165) is 25.2 Å². The highest BCUT2D eigenvalue weighted by Crippen LogP contribution is 2.20. The van der Waals surface area contributed by atoms with Crippen LogP contribution in [0.4, 0.5) is 0 Å². The lowest BCUT2D eigenvalue weighted by atomic mass is 10.2. The number of amides is 1. The van der Waals surface area contributed by atoms with Gasteiger partial charge in [-0.1, -0.05) is 0 Å². The molecule has 6 heteroatoms. The molecule has 1 saturated heterocycles. The maximum Gasteiger partial charge on any atom is 0.254 e. The summed E-state index contributed by atoms with van der Waals surface area (Å²) in [6, 6.07) is 9.02. The number of benzene rings is 1. The van der Waals surface area contributed by atoms with Crippen molar-refractivity contribution in [2.45, 2.75) is 32.5 Å². The lowest BCUT2D eigenvalue weighted by molar-refractivity contribution is 0.0856. The van der Waals surface area contributed by atoms with E-state index in [4.69, 9.17) is 18.6 Å². The number of hydrogen-bond donors (Lipinski definition) is 1. The average Bonchev–Trinajstić information content (AvgIpc) is 3.28. The molecule has 0 aliphatic carbocycles. The first-order chi connectivity index (χ1) is 12.2. The fraction of sp³-hybridized carbons (Fsp3) is 0.421. The molecular formula is C19H23NO5. The number of carbonyl (C=O) groups excluding carboxylic acids is 1. The molecule has 1 aliphatic rings. The first-order valence-corrected chi connectivity index (χ1v) is 8.41. The Morgan fingerprint density at radius 3 is 2.72 bits per heavy atom. The topological polar surface area (TPSA) is 69.9 Å². The Morgan fingerprint density at radius 1 is 1.28 bits per heavy atom. The number of furan rings is 1. The van der Waals surface area contributed by atoms with Crippen molar-refractivity contribution in [3.63, 3.8) is 0 Å². The highest BCUT2D eigenvalue weighted by atomic mass is 16.5. The molecule has 0 radical (unpaired) electrons. The number of nitrogens with one attached hydrogen (secondary N) is 1. The molecule has 0 unspecified atom stereocenters. The van der Waals surface area contributed by atoms with Gasteiger partial charge in [-0.25, -0.2) is 0 Å². The van der Waals surface area contributed by atoms with Crippen molar-refractivity contribution >= 4 is 5.91 Å². The highest BCUT2D eigenvalue weighted by molar-refractivity contribution is 5.95. The van der Waals surface area contributed by atoms with E-state index in [9.17, 15) is 4.79 Å². The molecule has 0 spiro atoms. The Labute approximate surface area is 147 Å². The van der Waals surface area contributed by atoms with Crippen molar-refractivity contribution in [3.05, 3.63) is 47.4 Å². The monoisotopic (exact) mass is 345 g/mol. The third-order valence-corrected chi connectivity index (χ3v) is 4.17. The molecule has 3 rings (SSSR count). The minimum absolute atomic E-state index is 0.119.